The molecule has 7 heteroatoms. The second kappa shape index (κ2) is 10.0. The lowest BCUT2D eigenvalue weighted by Crippen LogP contribution is -2.41. The quantitative estimate of drug-likeness (QED) is 0.307. The van der Waals surface area contributed by atoms with E-state index in [9.17, 15) is 4.79 Å². The van der Waals surface area contributed by atoms with Crippen LogP contribution in [0.5, 0.6) is 0 Å². The van der Waals surface area contributed by atoms with Gasteiger partial charge in [-0.1, -0.05) is 12.8 Å². The summed E-state index contributed by atoms with van der Waals surface area (Å²) in [7, 11) is 0. The molecule has 140 valence electrons. The van der Waals surface area contributed by atoms with E-state index in [0.29, 0.717) is 18.8 Å². The third-order valence-corrected chi connectivity index (χ3v) is 5.01. The summed E-state index contributed by atoms with van der Waals surface area (Å²) in [5.74, 6) is 2.81. The number of halogens is 1. The van der Waals surface area contributed by atoms with Crippen molar-refractivity contribution in [3.8, 4) is 0 Å². The molecule has 1 aromatic rings. The predicted molar refractivity (Wildman–Crippen MR) is 109 cm³/mol. The lowest BCUT2D eigenvalue weighted by atomic mass is 9.82. The number of nitrogens with one attached hydrogen (secondary N) is 2. The number of nitrogens with zero attached hydrogens (tertiary/aromatic N) is 2. The van der Waals surface area contributed by atoms with Crippen LogP contribution in [0.25, 0.3) is 0 Å². The molecule has 0 radical (unpaired) electrons. The van der Waals surface area contributed by atoms with Crippen LogP contribution in [-0.2, 0) is 0 Å². The van der Waals surface area contributed by atoms with Crippen LogP contribution in [-0.4, -0.2) is 49.5 Å². The van der Waals surface area contributed by atoms with Crippen LogP contribution in [0.4, 0.5) is 0 Å². The molecule has 2 unspecified atom stereocenters. The first-order valence-corrected chi connectivity index (χ1v) is 9.13. The van der Waals surface area contributed by atoms with E-state index in [1.165, 1.54) is 31.9 Å². The van der Waals surface area contributed by atoms with Crippen molar-refractivity contribution >= 4 is 35.8 Å². The van der Waals surface area contributed by atoms with Gasteiger partial charge in [0.2, 0.25) is 0 Å². The Hall–Kier alpha value is -1.25. The average molecular weight is 460 g/mol. The molecule has 1 amide bonds. The van der Waals surface area contributed by atoms with Gasteiger partial charge in [-0.05, 0) is 43.7 Å². The Morgan fingerprint density at radius 1 is 1.28 bits per heavy atom. The summed E-state index contributed by atoms with van der Waals surface area (Å²) < 4.78 is 5.08. The van der Waals surface area contributed by atoms with Gasteiger partial charge in [-0.15, -0.1) is 24.0 Å². The third-order valence-electron chi connectivity index (χ3n) is 5.01. The molecule has 2 heterocycles. The predicted octanol–water partition coefficient (Wildman–Crippen LogP) is 2.71. The maximum absolute atomic E-state index is 11.8. The van der Waals surface area contributed by atoms with Crippen LogP contribution in [0.3, 0.4) is 0 Å². The standard InChI is InChI=1S/C18H28N4O2.HI/c1-2-19-18(22-12-14-6-3-4-7-15(14)13-22)21-10-9-20-17(23)16-8-5-11-24-16;/h5,8,11,14-15H,2-4,6-7,9-10,12-13H2,1H3,(H,19,21)(H,20,23);1H. The fourth-order valence-corrected chi connectivity index (χ4v) is 3.83. The highest BCUT2D eigenvalue weighted by atomic mass is 127. The van der Waals surface area contributed by atoms with Crippen molar-refractivity contribution in [2.75, 3.05) is 32.7 Å². The maximum Gasteiger partial charge on any atom is 0.287 e. The minimum atomic E-state index is -0.188. The largest absolute Gasteiger partial charge is 0.459 e. The zero-order valence-corrected chi connectivity index (χ0v) is 17.2. The molecule has 1 saturated carbocycles. The van der Waals surface area contributed by atoms with Crippen molar-refractivity contribution in [3.05, 3.63) is 24.2 Å². The van der Waals surface area contributed by atoms with Crippen molar-refractivity contribution in [2.45, 2.75) is 32.6 Å². The van der Waals surface area contributed by atoms with Gasteiger partial charge in [-0.2, -0.15) is 0 Å². The van der Waals surface area contributed by atoms with Gasteiger partial charge >= 0.3 is 0 Å². The first-order valence-electron chi connectivity index (χ1n) is 9.13. The van der Waals surface area contributed by atoms with E-state index in [0.717, 1.165) is 37.4 Å². The van der Waals surface area contributed by atoms with E-state index in [1.807, 2.05) is 0 Å². The number of aliphatic imine (C=N–C) groups is 1. The lowest BCUT2D eigenvalue weighted by Gasteiger charge is -2.22. The van der Waals surface area contributed by atoms with Crippen LogP contribution in [0.15, 0.2) is 27.8 Å². The highest BCUT2D eigenvalue weighted by Crippen LogP contribution is 2.35. The molecule has 1 aliphatic carbocycles. The zero-order chi connectivity index (χ0) is 16.8. The number of amides is 1. The van der Waals surface area contributed by atoms with Gasteiger partial charge in [0.05, 0.1) is 12.8 Å². The molecule has 2 fully saturated rings. The molecule has 25 heavy (non-hydrogen) atoms. The number of carbonyl (C=O) groups excluding carboxylic acids is 1. The van der Waals surface area contributed by atoms with Gasteiger partial charge in [0.1, 0.15) is 0 Å². The molecule has 6 nitrogen and oxygen atoms in total. The van der Waals surface area contributed by atoms with E-state index < -0.39 is 0 Å². The Bertz CT molecular complexity index is 547. The number of hydrogen-bond donors (Lipinski definition) is 2. The van der Waals surface area contributed by atoms with Gasteiger partial charge < -0.3 is 20.0 Å². The molecule has 0 aromatic carbocycles. The first-order chi connectivity index (χ1) is 11.8. The van der Waals surface area contributed by atoms with E-state index >= 15 is 0 Å². The second-order valence-electron chi connectivity index (χ2n) is 6.68. The number of fused-ring (bicyclic) bond motifs is 1. The van der Waals surface area contributed by atoms with Crippen LogP contribution in [0.1, 0.15) is 43.2 Å². The monoisotopic (exact) mass is 460 g/mol. The van der Waals surface area contributed by atoms with Crippen molar-refractivity contribution in [3.63, 3.8) is 0 Å². The Kier molecular flexibility index (Phi) is 8.05. The fraction of sp³-hybridized carbons (Fsp3) is 0.667. The molecule has 1 saturated heterocycles. The molecular formula is C18H29IN4O2. The van der Waals surface area contributed by atoms with Gasteiger partial charge in [0.15, 0.2) is 11.7 Å². The minimum absolute atomic E-state index is 0. The summed E-state index contributed by atoms with van der Waals surface area (Å²) in [4.78, 5) is 18.9. The van der Waals surface area contributed by atoms with Crippen LogP contribution >= 0.6 is 24.0 Å². The number of carbonyl (C=O) groups is 1. The molecule has 2 N–H and O–H groups in total. The summed E-state index contributed by atoms with van der Waals surface area (Å²) in [5, 5.41) is 6.23. The summed E-state index contributed by atoms with van der Waals surface area (Å²) in [6.45, 7) is 6.28. The highest BCUT2D eigenvalue weighted by Gasteiger charge is 2.35. The minimum Gasteiger partial charge on any atom is -0.459 e. The smallest absolute Gasteiger partial charge is 0.287 e. The molecule has 3 rings (SSSR count). The first kappa shape index (κ1) is 20.1. The molecule has 0 bridgehead atoms. The SMILES string of the molecule is CCNC(=NCCNC(=O)c1ccco1)N1CC2CCCCC2C1.I. The summed E-state index contributed by atoms with van der Waals surface area (Å²) in [6.07, 6.45) is 6.98. The molecule has 1 aromatic heterocycles. The van der Waals surface area contributed by atoms with Gasteiger partial charge in [-0.3, -0.25) is 9.79 Å². The average Bonchev–Trinajstić information content (AvgIpc) is 3.26. The van der Waals surface area contributed by atoms with Gasteiger partial charge in [0, 0.05) is 26.2 Å². The zero-order valence-electron chi connectivity index (χ0n) is 14.9. The van der Waals surface area contributed by atoms with E-state index in [1.54, 1.807) is 12.1 Å². The maximum atomic E-state index is 11.8. The van der Waals surface area contributed by atoms with Crippen molar-refractivity contribution in [1.82, 2.24) is 15.5 Å². The van der Waals surface area contributed by atoms with Gasteiger partial charge in [-0.25, -0.2) is 0 Å². The van der Waals surface area contributed by atoms with Crippen molar-refractivity contribution in [1.29, 1.82) is 0 Å². The molecular weight excluding hydrogens is 431 g/mol. The molecule has 2 aliphatic rings. The molecule has 0 spiro atoms. The van der Waals surface area contributed by atoms with E-state index in [-0.39, 0.29) is 29.9 Å². The highest BCUT2D eigenvalue weighted by molar-refractivity contribution is 14.0. The van der Waals surface area contributed by atoms with Crippen LogP contribution in [0, 0.1) is 11.8 Å². The third kappa shape index (κ3) is 5.36. The number of guanidine groups is 1. The number of furan rings is 1. The fourth-order valence-electron chi connectivity index (χ4n) is 3.83. The van der Waals surface area contributed by atoms with Crippen molar-refractivity contribution < 1.29 is 9.21 Å². The molecule has 1 aliphatic heterocycles. The van der Waals surface area contributed by atoms with Crippen LogP contribution in [0.2, 0.25) is 0 Å². The van der Waals surface area contributed by atoms with Crippen LogP contribution < -0.4 is 10.6 Å². The van der Waals surface area contributed by atoms with Crippen molar-refractivity contribution in [2.24, 2.45) is 16.8 Å². The molecule has 2 atom stereocenters. The Morgan fingerprint density at radius 3 is 2.60 bits per heavy atom. The van der Waals surface area contributed by atoms with Gasteiger partial charge in [0.25, 0.3) is 5.91 Å². The number of likely N-dealkylation sites (tertiary alicyclic amines) is 1. The summed E-state index contributed by atoms with van der Waals surface area (Å²) >= 11 is 0. The topological polar surface area (TPSA) is 69.9 Å². The van der Waals surface area contributed by atoms with E-state index in [4.69, 9.17) is 9.41 Å². The normalized spacial score (nSPS) is 22.9. The summed E-state index contributed by atoms with van der Waals surface area (Å²) in [5.41, 5.74) is 0. The number of rotatable bonds is 5. The summed E-state index contributed by atoms with van der Waals surface area (Å²) in [6, 6.07) is 3.37. The number of hydrogen-bond acceptors (Lipinski definition) is 3. The Labute approximate surface area is 166 Å². The lowest BCUT2D eigenvalue weighted by molar-refractivity contribution is 0.0927. The second-order valence-corrected chi connectivity index (χ2v) is 6.68. The Balaban J connectivity index is 0.00000225. The Morgan fingerprint density at radius 2 is 2.00 bits per heavy atom. The van der Waals surface area contributed by atoms with E-state index in [2.05, 4.69) is 22.5 Å².